The van der Waals surface area contributed by atoms with Crippen LogP contribution in [0.3, 0.4) is 0 Å². The molecule has 0 aliphatic carbocycles. The van der Waals surface area contributed by atoms with Gasteiger partial charge in [-0.3, -0.25) is 4.79 Å². The van der Waals surface area contributed by atoms with Gasteiger partial charge in [-0.05, 0) is 23.8 Å². The van der Waals surface area contributed by atoms with Crippen molar-refractivity contribution >= 4 is 5.97 Å². The number of ether oxygens (including phenoxy) is 2. The zero-order valence-corrected chi connectivity index (χ0v) is 11.7. The summed E-state index contributed by atoms with van der Waals surface area (Å²) in [7, 11) is 0. The number of benzene rings is 1. The Bertz CT molecular complexity index is 407. The molecule has 2 rings (SSSR count). The summed E-state index contributed by atoms with van der Waals surface area (Å²) in [5.41, 5.74) is 1.41. The van der Waals surface area contributed by atoms with Gasteiger partial charge < -0.3 is 9.47 Å². The van der Waals surface area contributed by atoms with E-state index in [-0.39, 0.29) is 17.5 Å². The predicted molar refractivity (Wildman–Crippen MR) is 74.0 cm³/mol. The molecule has 0 saturated carbocycles. The Balaban J connectivity index is 1.70. The van der Waals surface area contributed by atoms with Crippen molar-refractivity contribution in [3.63, 3.8) is 0 Å². The van der Waals surface area contributed by atoms with Crippen LogP contribution in [0.25, 0.3) is 0 Å². The molecule has 1 saturated heterocycles. The van der Waals surface area contributed by atoms with E-state index in [1.165, 1.54) is 5.56 Å². The first-order valence-corrected chi connectivity index (χ1v) is 6.91. The molecule has 0 N–H and O–H groups in total. The molecule has 1 fully saturated rings. The second-order valence-electron chi connectivity index (χ2n) is 5.74. The van der Waals surface area contributed by atoms with E-state index in [1.54, 1.807) is 0 Å². The van der Waals surface area contributed by atoms with Gasteiger partial charge in [0.15, 0.2) is 0 Å². The normalized spacial score (nSPS) is 18.1. The van der Waals surface area contributed by atoms with Crippen molar-refractivity contribution in [2.24, 2.45) is 0 Å². The third-order valence-electron chi connectivity index (χ3n) is 3.57. The molecule has 3 nitrogen and oxygen atoms in total. The lowest BCUT2D eigenvalue weighted by molar-refractivity contribution is -0.144. The molecule has 3 heteroatoms. The molecule has 0 amide bonds. The fourth-order valence-corrected chi connectivity index (χ4v) is 2.13. The average molecular weight is 262 g/mol. The highest BCUT2D eigenvalue weighted by atomic mass is 16.6. The van der Waals surface area contributed by atoms with Gasteiger partial charge in [-0.2, -0.15) is 0 Å². The molecular weight excluding hydrogens is 240 g/mol. The number of carbonyl (C=O) groups is 1. The van der Waals surface area contributed by atoms with E-state index in [4.69, 9.17) is 9.47 Å². The van der Waals surface area contributed by atoms with E-state index in [2.05, 4.69) is 38.1 Å². The SMILES string of the molecule is CC(C)(CCCC(=O)OCC1CO1)c1ccccc1. The highest BCUT2D eigenvalue weighted by Crippen LogP contribution is 2.28. The Kier molecular flexibility index (Phi) is 4.59. The van der Waals surface area contributed by atoms with Crippen molar-refractivity contribution in [1.29, 1.82) is 0 Å². The van der Waals surface area contributed by atoms with Crippen molar-refractivity contribution < 1.29 is 14.3 Å². The molecule has 1 unspecified atom stereocenters. The molecule has 1 aliphatic rings. The van der Waals surface area contributed by atoms with Gasteiger partial charge in [0.05, 0.1) is 6.61 Å². The molecule has 19 heavy (non-hydrogen) atoms. The molecule has 104 valence electrons. The Hall–Kier alpha value is -1.35. The van der Waals surface area contributed by atoms with Crippen LogP contribution in [-0.4, -0.2) is 25.3 Å². The monoisotopic (exact) mass is 262 g/mol. The maximum absolute atomic E-state index is 11.5. The number of hydrogen-bond acceptors (Lipinski definition) is 3. The molecular formula is C16H22O3. The number of esters is 1. The molecule has 1 atom stereocenters. The Morgan fingerprint density at radius 2 is 2.05 bits per heavy atom. The molecule has 0 spiro atoms. The molecule has 0 bridgehead atoms. The predicted octanol–water partition coefficient (Wildman–Crippen LogP) is 3.08. The van der Waals surface area contributed by atoms with Crippen LogP contribution in [0.1, 0.15) is 38.7 Å². The van der Waals surface area contributed by atoms with Gasteiger partial charge in [-0.1, -0.05) is 44.2 Å². The van der Waals surface area contributed by atoms with Crippen molar-refractivity contribution in [3.05, 3.63) is 35.9 Å². The van der Waals surface area contributed by atoms with Crippen LogP contribution in [0.2, 0.25) is 0 Å². The van der Waals surface area contributed by atoms with Crippen LogP contribution in [0.5, 0.6) is 0 Å². The first-order valence-electron chi connectivity index (χ1n) is 6.91. The third-order valence-corrected chi connectivity index (χ3v) is 3.57. The summed E-state index contributed by atoms with van der Waals surface area (Å²) in [5, 5.41) is 0. The van der Waals surface area contributed by atoms with E-state index in [9.17, 15) is 4.79 Å². The van der Waals surface area contributed by atoms with E-state index in [0.29, 0.717) is 13.0 Å². The zero-order valence-electron chi connectivity index (χ0n) is 11.7. The maximum atomic E-state index is 11.5. The van der Waals surface area contributed by atoms with Crippen LogP contribution in [0.4, 0.5) is 0 Å². The number of hydrogen-bond donors (Lipinski definition) is 0. The molecule has 1 aromatic carbocycles. The smallest absolute Gasteiger partial charge is 0.305 e. The summed E-state index contributed by atoms with van der Waals surface area (Å²) < 4.78 is 10.1. The van der Waals surface area contributed by atoms with Crippen LogP contribution >= 0.6 is 0 Å². The van der Waals surface area contributed by atoms with Gasteiger partial charge in [-0.15, -0.1) is 0 Å². The fourth-order valence-electron chi connectivity index (χ4n) is 2.13. The third kappa shape index (κ3) is 4.67. The topological polar surface area (TPSA) is 38.8 Å². The lowest BCUT2D eigenvalue weighted by Crippen LogP contribution is -2.18. The highest BCUT2D eigenvalue weighted by molar-refractivity contribution is 5.69. The Morgan fingerprint density at radius 1 is 1.37 bits per heavy atom. The van der Waals surface area contributed by atoms with Gasteiger partial charge >= 0.3 is 5.97 Å². The first-order chi connectivity index (χ1) is 9.08. The van der Waals surface area contributed by atoms with Crippen LogP contribution < -0.4 is 0 Å². The van der Waals surface area contributed by atoms with E-state index in [0.717, 1.165) is 19.4 Å². The quantitative estimate of drug-likeness (QED) is 0.560. The summed E-state index contributed by atoms with van der Waals surface area (Å²) >= 11 is 0. The van der Waals surface area contributed by atoms with Crippen molar-refractivity contribution in [1.82, 2.24) is 0 Å². The van der Waals surface area contributed by atoms with E-state index in [1.807, 2.05) is 6.07 Å². The largest absolute Gasteiger partial charge is 0.463 e. The second kappa shape index (κ2) is 6.20. The lowest BCUT2D eigenvalue weighted by atomic mass is 9.80. The summed E-state index contributed by atoms with van der Waals surface area (Å²) in [4.78, 5) is 11.5. The van der Waals surface area contributed by atoms with Gasteiger partial charge in [0.2, 0.25) is 0 Å². The van der Waals surface area contributed by atoms with Crippen LogP contribution in [0.15, 0.2) is 30.3 Å². The molecule has 1 aliphatic heterocycles. The summed E-state index contributed by atoms with van der Waals surface area (Å²) in [6.07, 6.45) is 2.48. The highest BCUT2D eigenvalue weighted by Gasteiger charge is 2.24. The van der Waals surface area contributed by atoms with Gasteiger partial charge in [0, 0.05) is 6.42 Å². The van der Waals surface area contributed by atoms with Crippen LogP contribution in [0, 0.1) is 0 Å². The van der Waals surface area contributed by atoms with E-state index >= 15 is 0 Å². The summed E-state index contributed by atoms with van der Waals surface area (Å²) in [5.74, 6) is -0.112. The minimum Gasteiger partial charge on any atom is -0.463 e. The van der Waals surface area contributed by atoms with Crippen molar-refractivity contribution in [3.8, 4) is 0 Å². The standard InChI is InChI=1S/C16H22O3/c1-16(2,13-7-4-3-5-8-13)10-6-9-15(17)19-12-14-11-18-14/h3-5,7-8,14H,6,9-12H2,1-2H3. The van der Waals surface area contributed by atoms with Gasteiger partial charge in [-0.25, -0.2) is 0 Å². The van der Waals surface area contributed by atoms with Gasteiger partial charge in [0.1, 0.15) is 12.7 Å². The fraction of sp³-hybridized carbons (Fsp3) is 0.562. The lowest BCUT2D eigenvalue weighted by Gasteiger charge is -2.25. The van der Waals surface area contributed by atoms with Crippen LogP contribution in [-0.2, 0) is 19.7 Å². The zero-order chi connectivity index (χ0) is 13.7. The van der Waals surface area contributed by atoms with Crippen molar-refractivity contribution in [2.75, 3.05) is 13.2 Å². The average Bonchev–Trinajstić information content (AvgIpc) is 3.21. The summed E-state index contributed by atoms with van der Waals surface area (Å²) in [6.45, 7) is 5.58. The molecule has 1 heterocycles. The number of carbonyl (C=O) groups excluding carboxylic acids is 1. The Labute approximate surface area is 114 Å². The molecule has 0 radical (unpaired) electrons. The summed E-state index contributed by atoms with van der Waals surface area (Å²) in [6, 6.07) is 10.4. The molecule has 1 aromatic rings. The minimum atomic E-state index is -0.112. The Morgan fingerprint density at radius 3 is 2.68 bits per heavy atom. The van der Waals surface area contributed by atoms with Crippen molar-refractivity contribution in [2.45, 2.75) is 44.6 Å². The van der Waals surface area contributed by atoms with E-state index < -0.39 is 0 Å². The number of rotatable bonds is 7. The van der Waals surface area contributed by atoms with Gasteiger partial charge in [0.25, 0.3) is 0 Å². The second-order valence-corrected chi connectivity index (χ2v) is 5.74. The number of epoxide rings is 1. The minimum absolute atomic E-state index is 0.0984. The maximum Gasteiger partial charge on any atom is 0.305 e. The first kappa shape index (κ1) is 14.1. The molecule has 0 aromatic heterocycles.